The molecule has 2 aliphatic rings. The van der Waals surface area contributed by atoms with Gasteiger partial charge in [0.15, 0.2) is 0 Å². The number of para-hydroxylation sites is 1. The molecule has 0 bridgehead atoms. The molecule has 4 rings (SSSR count). The summed E-state index contributed by atoms with van der Waals surface area (Å²) in [6.07, 6.45) is -2.20. The van der Waals surface area contributed by atoms with Gasteiger partial charge in [0.2, 0.25) is 5.91 Å². The number of hydrogen-bond donors (Lipinski definition) is 2. The van der Waals surface area contributed by atoms with E-state index < -0.39 is 23.6 Å². The first-order chi connectivity index (χ1) is 13.3. The molecule has 2 aromatic rings. The van der Waals surface area contributed by atoms with Gasteiger partial charge in [-0.05, 0) is 48.9 Å². The highest BCUT2D eigenvalue weighted by Crippen LogP contribution is 2.51. The zero-order valence-electron chi connectivity index (χ0n) is 14.9. The van der Waals surface area contributed by atoms with E-state index in [0.29, 0.717) is 17.7 Å². The molecule has 0 spiro atoms. The summed E-state index contributed by atoms with van der Waals surface area (Å²) < 4.78 is 39.7. The number of rotatable bonds is 5. The molecule has 0 aliphatic heterocycles. The van der Waals surface area contributed by atoms with Gasteiger partial charge in [-0.25, -0.2) is 0 Å². The normalized spacial score (nSPS) is 21.1. The first kappa shape index (κ1) is 18.5. The molecular weight excluding hydrogens is 369 g/mol. The van der Waals surface area contributed by atoms with E-state index in [1.165, 1.54) is 12.1 Å². The Morgan fingerprint density at radius 2 is 1.64 bits per heavy atom. The minimum atomic E-state index is -4.45. The van der Waals surface area contributed by atoms with Crippen molar-refractivity contribution < 1.29 is 22.8 Å². The first-order valence-corrected chi connectivity index (χ1v) is 9.21. The number of alkyl halides is 3. The summed E-state index contributed by atoms with van der Waals surface area (Å²) in [5, 5.41) is 5.60. The third kappa shape index (κ3) is 3.88. The molecule has 146 valence electrons. The number of halogens is 3. The van der Waals surface area contributed by atoms with E-state index in [1.54, 1.807) is 30.3 Å². The topological polar surface area (TPSA) is 58.2 Å². The second-order valence-electron chi connectivity index (χ2n) is 7.32. The maximum absolute atomic E-state index is 13.2. The fraction of sp³-hybridized carbons (Fsp3) is 0.333. The highest BCUT2D eigenvalue weighted by atomic mass is 19.4. The largest absolute Gasteiger partial charge is 0.416 e. The Bertz CT molecular complexity index is 922. The van der Waals surface area contributed by atoms with E-state index >= 15 is 0 Å². The Labute approximate surface area is 160 Å². The highest BCUT2D eigenvalue weighted by molar-refractivity contribution is 6.05. The number of benzene rings is 2. The van der Waals surface area contributed by atoms with Crippen LogP contribution in [0.5, 0.6) is 0 Å². The number of carbonyl (C=O) groups excluding carboxylic acids is 2. The summed E-state index contributed by atoms with van der Waals surface area (Å²) in [6, 6.07) is 12.2. The molecule has 2 saturated carbocycles. The zero-order valence-corrected chi connectivity index (χ0v) is 14.9. The molecule has 0 aromatic heterocycles. The van der Waals surface area contributed by atoms with E-state index in [9.17, 15) is 22.8 Å². The van der Waals surface area contributed by atoms with Crippen LogP contribution in [0.3, 0.4) is 0 Å². The Morgan fingerprint density at radius 1 is 0.964 bits per heavy atom. The molecule has 2 fully saturated rings. The molecule has 4 nitrogen and oxygen atoms in total. The fourth-order valence-corrected chi connectivity index (χ4v) is 3.41. The summed E-state index contributed by atoms with van der Waals surface area (Å²) in [6.45, 7) is 0. The summed E-state index contributed by atoms with van der Waals surface area (Å²) >= 11 is 0. The van der Waals surface area contributed by atoms with Crippen molar-refractivity contribution >= 4 is 17.5 Å². The van der Waals surface area contributed by atoms with Crippen molar-refractivity contribution in [1.82, 2.24) is 5.32 Å². The molecule has 2 amide bonds. The Balaban J connectivity index is 1.48. The molecule has 0 radical (unpaired) electrons. The van der Waals surface area contributed by atoms with Crippen molar-refractivity contribution in [2.24, 2.45) is 5.92 Å². The Kier molecular flexibility index (Phi) is 4.61. The molecule has 2 aromatic carbocycles. The van der Waals surface area contributed by atoms with E-state index in [2.05, 4.69) is 10.6 Å². The third-order valence-corrected chi connectivity index (χ3v) is 5.14. The molecule has 2 unspecified atom stereocenters. The van der Waals surface area contributed by atoms with Gasteiger partial charge in [-0.2, -0.15) is 13.2 Å². The molecule has 2 aliphatic carbocycles. The first-order valence-electron chi connectivity index (χ1n) is 9.21. The predicted octanol–water partition coefficient (Wildman–Crippen LogP) is 4.34. The monoisotopic (exact) mass is 388 g/mol. The average Bonchev–Trinajstić information content (AvgIpc) is 3.56. The van der Waals surface area contributed by atoms with E-state index in [-0.39, 0.29) is 23.4 Å². The standard InChI is InChI=1S/C21H19F3N2O2/c22-21(23,24)17-7-3-1-5-13(17)15-11-16(15)20(28)26-18-8-4-2-6-14(18)19(27)25-12-9-10-12/h1-8,12,15-16H,9-11H2,(H,25,27)(H,26,28). The van der Waals surface area contributed by atoms with Crippen LogP contribution in [-0.4, -0.2) is 17.9 Å². The van der Waals surface area contributed by atoms with E-state index in [1.807, 2.05) is 0 Å². The van der Waals surface area contributed by atoms with Gasteiger partial charge in [0.05, 0.1) is 16.8 Å². The number of hydrogen-bond acceptors (Lipinski definition) is 2. The van der Waals surface area contributed by atoms with Crippen molar-refractivity contribution in [1.29, 1.82) is 0 Å². The fourth-order valence-electron chi connectivity index (χ4n) is 3.41. The SMILES string of the molecule is O=C(NC1CC1)c1ccccc1NC(=O)C1CC1c1ccccc1C(F)(F)F. The van der Waals surface area contributed by atoms with Crippen LogP contribution in [0.25, 0.3) is 0 Å². The van der Waals surface area contributed by atoms with Gasteiger partial charge in [0.1, 0.15) is 0 Å². The number of nitrogens with one attached hydrogen (secondary N) is 2. The van der Waals surface area contributed by atoms with Crippen LogP contribution in [0.15, 0.2) is 48.5 Å². The van der Waals surface area contributed by atoms with Crippen LogP contribution in [0.1, 0.15) is 46.7 Å². The summed E-state index contributed by atoms with van der Waals surface area (Å²) in [5.74, 6) is -1.63. The minimum absolute atomic E-state index is 0.148. The summed E-state index contributed by atoms with van der Waals surface area (Å²) in [4.78, 5) is 24.9. The van der Waals surface area contributed by atoms with Crippen LogP contribution in [0.4, 0.5) is 18.9 Å². The molecule has 2 atom stereocenters. The Hall–Kier alpha value is -2.83. The maximum Gasteiger partial charge on any atom is 0.416 e. The molecule has 0 saturated heterocycles. The average molecular weight is 388 g/mol. The lowest BCUT2D eigenvalue weighted by molar-refractivity contribution is -0.138. The quantitative estimate of drug-likeness (QED) is 0.801. The second kappa shape index (κ2) is 6.96. The smallest absolute Gasteiger partial charge is 0.349 e. The van der Waals surface area contributed by atoms with Crippen LogP contribution in [0.2, 0.25) is 0 Å². The predicted molar refractivity (Wildman–Crippen MR) is 97.9 cm³/mol. The van der Waals surface area contributed by atoms with Gasteiger partial charge in [-0.15, -0.1) is 0 Å². The van der Waals surface area contributed by atoms with Crippen molar-refractivity contribution in [2.75, 3.05) is 5.32 Å². The van der Waals surface area contributed by atoms with Crippen molar-refractivity contribution in [3.8, 4) is 0 Å². The van der Waals surface area contributed by atoms with Crippen LogP contribution in [-0.2, 0) is 11.0 Å². The van der Waals surface area contributed by atoms with Crippen LogP contribution < -0.4 is 10.6 Å². The van der Waals surface area contributed by atoms with Crippen molar-refractivity contribution in [3.63, 3.8) is 0 Å². The van der Waals surface area contributed by atoms with Gasteiger partial charge < -0.3 is 10.6 Å². The number of anilines is 1. The lowest BCUT2D eigenvalue weighted by atomic mass is 10.0. The highest BCUT2D eigenvalue weighted by Gasteiger charge is 2.48. The molecule has 7 heteroatoms. The number of carbonyl (C=O) groups is 2. The van der Waals surface area contributed by atoms with Gasteiger partial charge in [0, 0.05) is 12.0 Å². The van der Waals surface area contributed by atoms with Crippen LogP contribution in [0, 0.1) is 5.92 Å². The van der Waals surface area contributed by atoms with Gasteiger partial charge >= 0.3 is 6.18 Å². The molecule has 28 heavy (non-hydrogen) atoms. The second-order valence-corrected chi connectivity index (χ2v) is 7.32. The third-order valence-electron chi connectivity index (χ3n) is 5.14. The summed E-state index contributed by atoms with van der Waals surface area (Å²) in [5.41, 5.74) is 0.186. The van der Waals surface area contributed by atoms with Gasteiger partial charge in [-0.1, -0.05) is 30.3 Å². The van der Waals surface area contributed by atoms with Gasteiger partial charge in [-0.3, -0.25) is 9.59 Å². The van der Waals surface area contributed by atoms with E-state index in [0.717, 1.165) is 18.9 Å². The van der Waals surface area contributed by atoms with Crippen LogP contribution >= 0.6 is 0 Å². The lowest BCUT2D eigenvalue weighted by Crippen LogP contribution is -2.27. The maximum atomic E-state index is 13.2. The van der Waals surface area contributed by atoms with Crippen molar-refractivity contribution in [2.45, 2.75) is 37.4 Å². The Morgan fingerprint density at radius 3 is 2.36 bits per heavy atom. The van der Waals surface area contributed by atoms with E-state index in [4.69, 9.17) is 0 Å². The molecule has 2 N–H and O–H groups in total. The molecular formula is C21H19F3N2O2. The van der Waals surface area contributed by atoms with Crippen molar-refractivity contribution in [3.05, 3.63) is 65.2 Å². The minimum Gasteiger partial charge on any atom is -0.349 e. The molecule has 0 heterocycles. The van der Waals surface area contributed by atoms with Gasteiger partial charge in [0.25, 0.3) is 5.91 Å². The lowest BCUT2D eigenvalue weighted by Gasteiger charge is -2.13. The zero-order chi connectivity index (χ0) is 19.9. The number of amides is 2. The summed E-state index contributed by atoms with van der Waals surface area (Å²) in [7, 11) is 0.